The summed E-state index contributed by atoms with van der Waals surface area (Å²) in [6, 6.07) is 6.01. The normalized spacial score (nSPS) is 23.0. The van der Waals surface area contributed by atoms with Gasteiger partial charge in [-0.05, 0) is 59.4 Å². The van der Waals surface area contributed by atoms with Crippen molar-refractivity contribution in [2.45, 2.75) is 25.8 Å². The second-order valence-electron chi connectivity index (χ2n) is 5.57. The Balaban J connectivity index is 1.97. The molecule has 1 aromatic rings. The predicted octanol–water partition coefficient (Wildman–Crippen LogP) is 3.21. The number of benzene rings is 1. The number of amides is 1. The summed E-state index contributed by atoms with van der Waals surface area (Å²) in [5, 5.41) is 2.96. The second kappa shape index (κ2) is 7.72. The van der Waals surface area contributed by atoms with Gasteiger partial charge in [0.15, 0.2) is 0 Å². The lowest BCUT2D eigenvalue weighted by molar-refractivity contribution is -0.118. The molecule has 116 valence electrons. The minimum absolute atomic E-state index is 0.00516. The fraction of sp³-hybridized carbons (Fsp3) is 0.533. The number of likely N-dealkylation sites (tertiary alicyclic amines) is 1. The molecular weight excluding hydrogens is 398 g/mol. The zero-order valence-electron chi connectivity index (χ0n) is 12.1. The van der Waals surface area contributed by atoms with Crippen LogP contribution >= 0.6 is 31.9 Å². The van der Waals surface area contributed by atoms with E-state index < -0.39 is 0 Å². The van der Waals surface area contributed by atoms with Crippen molar-refractivity contribution in [2.24, 2.45) is 11.7 Å². The van der Waals surface area contributed by atoms with Gasteiger partial charge in [-0.25, -0.2) is 0 Å². The average Bonchev–Trinajstić information content (AvgIpc) is 2.42. The van der Waals surface area contributed by atoms with Crippen molar-refractivity contribution < 1.29 is 4.79 Å². The van der Waals surface area contributed by atoms with Crippen molar-refractivity contribution in [1.29, 1.82) is 0 Å². The summed E-state index contributed by atoms with van der Waals surface area (Å²) in [5.41, 5.74) is 6.66. The van der Waals surface area contributed by atoms with Gasteiger partial charge in [0.25, 0.3) is 0 Å². The monoisotopic (exact) mass is 417 g/mol. The molecule has 0 aromatic heterocycles. The summed E-state index contributed by atoms with van der Waals surface area (Å²) in [6.07, 6.45) is 2.32. The highest BCUT2D eigenvalue weighted by Crippen LogP contribution is 2.26. The van der Waals surface area contributed by atoms with Crippen LogP contribution in [-0.4, -0.2) is 36.5 Å². The maximum atomic E-state index is 12.3. The molecule has 2 unspecified atom stereocenters. The number of nitrogens with one attached hydrogen (secondary N) is 1. The van der Waals surface area contributed by atoms with Crippen LogP contribution in [0.5, 0.6) is 0 Å². The lowest BCUT2D eigenvalue weighted by Gasteiger charge is -2.38. The van der Waals surface area contributed by atoms with Gasteiger partial charge in [-0.1, -0.05) is 22.9 Å². The maximum Gasteiger partial charge on any atom is 0.238 e. The highest BCUT2D eigenvalue weighted by atomic mass is 79.9. The van der Waals surface area contributed by atoms with E-state index in [9.17, 15) is 4.79 Å². The molecule has 0 bridgehead atoms. The summed E-state index contributed by atoms with van der Waals surface area (Å²) in [6.45, 7) is 4.17. The number of hydrogen-bond acceptors (Lipinski definition) is 3. The Morgan fingerprint density at radius 3 is 2.90 bits per heavy atom. The van der Waals surface area contributed by atoms with Crippen molar-refractivity contribution in [2.75, 3.05) is 25.0 Å². The van der Waals surface area contributed by atoms with Crippen LogP contribution in [0.15, 0.2) is 27.1 Å². The molecule has 0 aliphatic carbocycles. The second-order valence-corrected chi connectivity index (χ2v) is 7.34. The number of carbonyl (C=O) groups excluding carboxylic acids is 1. The van der Waals surface area contributed by atoms with Crippen molar-refractivity contribution in [3.05, 3.63) is 27.1 Å². The summed E-state index contributed by atoms with van der Waals surface area (Å²) < 4.78 is 1.84. The van der Waals surface area contributed by atoms with Crippen molar-refractivity contribution >= 4 is 43.5 Å². The smallest absolute Gasteiger partial charge is 0.238 e. The summed E-state index contributed by atoms with van der Waals surface area (Å²) >= 11 is 6.86. The molecule has 1 aliphatic heterocycles. The molecule has 1 amide bonds. The Bertz CT molecular complexity index is 510. The van der Waals surface area contributed by atoms with Crippen LogP contribution in [0.1, 0.15) is 19.8 Å². The molecule has 21 heavy (non-hydrogen) atoms. The number of hydrogen-bond donors (Lipinski definition) is 2. The minimum Gasteiger partial charge on any atom is -0.329 e. The van der Waals surface area contributed by atoms with Gasteiger partial charge in [0, 0.05) is 21.5 Å². The minimum atomic E-state index is 0.00516. The number of carbonyl (C=O) groups is 1. The molecule has 3 N–H and O–H groups in total. The van der Waals surface area contributed by atoms with Crippen LogP contribution in [0.25, 0.3) is 0 Å². The summed E-state index contributed by atoms with van der Waals surface area (Å²) in [4.78, 5) is 14.5. The fourth-order valence-corrected chi connectivity index (χ4v) is 4.02. The molecule has 1 saturated heterocycles. The van der Waals surface area contributed by atoms with E-state index in [1.165, 1.54) is 6.42 Å². The van der Waals surface area contributed by atoms with Gasteiger partial charge >= 0.3 is 0 Å². The Hall–Kier alpha value is -0.430. The standard InChI is InChI=1S/C15H21Br2N3O/c1-10-3-2-6-20(14(10)8-18)9-15(21)19-13-5-4-11(16)7-12(13)17/h4-5,7,10,14H,2-3,6,8-9,18H2,1H3,(H,19,21). The van der Waals surface area contributed by atoms with Crippen molar-refractivity contribution in [1.82, 2.24) is 4.90 Å². The van der Waals surface area contributed by atoms with E-state index >= 15 is 0 Å². The van der Waals surface area contributed by atoms with Gasteiger partial charge in [0.1, 0.15) is 0 Å². The van der Waals surface area contributed by atoms with Crippen LogP contribution < -0.4 is 11.1 Å². The number of rotatable bonds is 4. The average molecular weight is 419 g/mol. The first-order valence-corrected chi connectivity index (χ1v) is 8.79. The number of nitrogens with zero attached hydrogens (tertiary/aromatic N) is 1. The van der Waals surface area contributed by atoms with E-state index in [1.807, 2.05) is 18.2 Å². The summed E-state index contributed by atoms with van der Waals surface area (Å²) in [5.74, 6) is 0.557. The zero-order chi connectivity index (χ0) is 15.4. The zero-order valence-corrected chi connectivity index (χ0v) is 15.3. The highest BCUT2D eigenvalue weighted by Gasteiger charge is 2.28. The van der Waals surface area contributed by atoms with Crippen LogP contribution in [0.3, 0.4) is 0 Å². The topological polar surface area (TPSA) is 58.4 Å². The van der Waals surface area contributed by atoms with E-state index in [0.29, 0.717) is 25.0 Å². The van der Waals surface area contributed by atoms with Crippen LogP contribution in [-0.2, 0) is 4.79 Å². The Morgan fingerprint density at radius 1 is 1.48 bits per heavy atom. The third-order valence-electron chi connectivity index (χ3n) is 4.02. The quantitative estimate of drug-likeness (QED) is 0.789. The largest absolute Gasteiger partial charge is 0.329 e. The Kier molecular flexibility index (Phi) is 6.22. The molecule has 1 aromatic carbocycles. The number of halogens is 2. The fourth-order valence-electron chi connectivity index (χ4n) is 2.88. The molecule has 0 spiro atoms. The van der Waals surface area contributed by atoms with Gasteiger partial charge in [-0.2, -0.15) is 0 Å². The SMILES string of the molecule is CC1CCCN(CC(=O)Nc2ccc(Br)cc2Br)C1CN. The third kappa shape index (κ3) is 4.52. The number of nitrogens with two attached hydrogens (primary N) is 1. The maximum absolute atomic E-state index is 12.3. The lowest BCUT2D eigenvalue weighted by Crippen LogP contribution is -2.51. The lowest BCUT2D eigenvalue weighted by atomic mass is 9.91. The van der Waals surface area contributed by atoms with E-state index in [2.05, 4.69) is 49.0 Å². The van der Waals surface area contributed by atoms with E-state index in [1.54, 1.807) is 0 Å². The predicted molar refractivity (Wildman–Crippen MR) is 93.3 cm³/mol. The Morgan fingerprint density at radius 2 is 2.24 bits per heavy atom. The van der Waals surface area contributed by atoms with Crippen LogP contribution in [0.2, 0.25) is 0 Å². The number of piperidine rings is 1. The number of anilines is 1. The van der Waals surface area contributed by atoms with E-state index in [4.69, 9.17) is 5.73 Å². The van der Waals surface area contributed by atoms with Gasteiger partial charge in [-0.3, -0.25) is 9.69 Å². The molecule has 2 atom stereocenters. The Labute approximate surface area is 142 Å². The molecule has 0 radical (unpaired) electrons. The van der Waals surface area contributed by atoms with Gasteiger partial charge < -0.3 is 11.1 Å². The molecule has 1 heterocycles. The first-order valence-electron chi connectivity index (χ1n) is 7.20. The van der Waals surface area contributed by atoms with Crippen molar-refractivity contribution in [3.8, 4) is 0 Å². The van der Waals surface area contributed by atoms with Crippen molar-refractivity contribution in [3.63, 3.8) is 0 Å². The van der Waals surface area contributed by atoms with E-state index in [0.717, 1.165) is 27.6 Å². The molecule has 0 saturated carbocycles. The molecule has 2 rings (SSSR count). The van der Waals surface area contributed by atoms with E-state index in [-0.39, 0.29) is 5.91 Å². The first-order chi connectivity index (χ1) is 10.0. The summed E-state index contributed by atoms with van der Waals surface area (Å²) in [7, 11) is 0. The third-order valence-corrected chi connectivity index (χ3v) is 5.17. The molecule has 1 aliphatic rings. The van der Waals surface area contributed by atoms with Crippen LogP contribution in [0.4, 0.5) is 5.69 Å². The van der Waals surface area contributed by atoms with Gasteiger partial charge in [0.2, 0.25) is 5.91 Å². The first kappa shape index (κ1) is 16.9. The molecule has 1 fully saturated rings. The highest BCUT2D eigenvalue weighted by molar-refractivity contribution is 9.11. The van der Waals surface area contributed by atoms with Gasteiger partial charge in [0.05, 0.1) is 12.2 Å². The molecular formula is C15H21Br2N3O. The van der Waals surface area contributed by atoms with Crippen LogP contribution in [0, 0.1) is 5.92 Å². The molecule has 6 heteroatoms. The molecule has 4 nitrogen and oxygen atoms in total. The van der Waals surface area contributed by atoms with Gasteiger partial charge in [-0.15, -0.1) is 0 Å².